The molecule has 1 fully saturated rings. The number of hydrogen-bond acceptors (Lipinski definition) is 7. The zero-order valence-corrected chi connectivity index (χ0v) is 22.4. The van der Waals surface area contributed by atoms with Crippen LogP contribution in [0.2, 0.25) is 0 Å². The fourth-order valence-electron chi connectivity index (χ4n) is 4.43. The average molecular weight is 558 g/mol. The van der Waals surface area contributed by atoms with E-state index in [9.17, 15) is 9.59 Å². The number of hydrogen-bond donors (Lipinski definition) is 1. The smallest absolute Gasteiger partial charge is 0.231 e. The molecule has 0 spiro atoms. The van der Waals surface area contributed by atoms with E-state index in [-0.39, 0.29) is 23.7 Å². The highest BCUT2D eigenvalue weighted by Crippen LogP contribution is 2.38. The van der Waals surface area contributed by atoms with Gasteiger partial charge in [-0.05, 0) is 73.2 Å². The Morgan fingerprint density at radius 1 is 0.816 bits per heavy atom. The Morgan fingerprint density at radius 2 is 1.45 bits per heavy atom. The SMILES string of the molecule is O=C1C=C(CCC(Cl)c2ccc3c(c2)OCO3)CC1.O=C1C=C(Cl)CC1.c1cc2c(cc1C1CN1)OCO2. The molecule has 1 N–H and O–H groups in total. The topological polar surface area (TPSA) is 93.0 Å². The summed E-state index contributed by atoms with van der Waals surface area (Å²) in [6.07, 6.45) is 7.88. The first-order chi connectivity index (χ1) is 18.4. The molecule has 2 atom stereocenters. The lowest BCUT2D eigenvalue weighted by Gasteiger charge is -2.10. The standard InChI is InChI=1S/C15H15ClO3.C9H9NO2.C5H5ClO/c16-13(5-2-10-1-4-12(17)7-10)11-3-6-14-15(8-11)19-9-18-14;1-2-8-9(12-5-11-8)3-6(1)7-4-10-7;6-4-1-2-5(7)3-4/h3,6-8,13H,1-2,4-5,9H2;1-3,7,10H,4-5H2;3H,1-2H2. The quantitative estimate of drug-likeness (QED) is 0.340. The molecule has 2 unspecified atom stereocenters. The molecule has 3 aliphatic heterocycles. The second kappa shape index (κ2) is 12.2. The predicted molar refractivity (Wildman–Crippen MR) is 144 cm³/mol. The van der Waals surface area contributed by atoms with Gasteiger partial charge in [0.15, 0.2) is 34.6 Å². The number of fused-ring (bicyclic) bond motifs is 2. The summed E-state index contributed by atoms with van der Waals surface area (Å²) in [6, 6.07) is 12.4. The minimum atomic E-state index is -0.0638. The lowest BCUT2D eigenvalue weighted by atomic mass is 10.0. The van der Waals surface area contributed by atoms with Gasteiger partial charge in [0.25, 0.3) is 0 Å². The summed E-state index contributed by atoms with van der Waals surface area (Å²) in [5.41, 5.74) is 3.55. The predicted octanol–water partition coefficient (Wildman–Crippen LogP) is 6.30. The van der Waals surface area contributed by atoms with E-state index in [1.807, 2.05) is 30.3 Å². The first-order valence-electron chi connectivity index (χ1n) is 12.7. The third-order valence-electron chi connectivity index (χ3n) is 6.67. The van der Waals surface area contributed by atoms with Gasteiger partial charge < -0.3 is 24.3 Å². The first kappa shape index (κ1) is 26.6. The fourth-order valence-corrected chi connectivity index (χ4v) is 4.89. The number of rotatable bonds is 5. The van der Waals surface area contributed by atoms with Gasteiger partial charge >= 0.3 is 0 Å². The van der Waals surface area contributed by atoms with E-state index in [4.69, 9.17) is 42.1 Å². The highest BCUT2D eigenvalue weighted by molar-refractivity contribution is 6.32. The molecule has 7 rings (SSSR count). The van der Waals surface area contributed by atoms with E-state index in [1.165, 1.54) is 17.2 Å². The minimum Gasteiger partial charge on any atom is -0.454 e. The summed E-state index contributed by atoms with van der Waals surface area (Å²) in [5.74, 6) is 3.67. The molecule has 0 bridgehead atoms. The number of alkyl halides is 1. The van der Waals surface area contributed by atoms with E-state index < -0.39 is 0 Å². The van der Waals surface area contributed by atoms with Gasteiger partial charge in [0.2, 0.25) is 13.6 Å². The highest BCUT2D eigenvalue weighted by Gasteiger charge is 2.24. The molecule has 38 heavy (non-hydrogen) atoms. The fraction of sp³-hybridized carbons (Fsp3) is 0.379. The lowest BCUT2D eigenvalue weighted by Crippen LogP contribution is -1.93. The Balaban J connectivity index is 0.000000131. The Hall–Kier alpha value is -3.00. The van der Waals surface area contributed by atoms with Gasteiger partial charge in [-0.3, -0.25) is 9.59 Å². The monoisotopic (exact) mass is 557 g/mol. The number of nitrogens with one attached hydrogen (secondary N) is 1. The van der Waals surface area contributed by atoms with E-state index in [0.29, 0.717) is 30.7 Å². The number of ether oxygens (including phenoxy) is 4. The maximum absolute atomic E-state index is 11.2. The summed E-state index contributed by atoms with van der Waals surface area (Å²) in [7, 11) is 0. The molecular formula is C29H29Cl2NO6. The molecule has 0 aromatic heterocycles. The van der Waals surface area contributed by atoms with Crippen LogP contribution >= 0.6 is 23.2 Å². The van der Waals surface area contributed by atoms with Crippen molar-refractivity contribution in [3.63, 3.8) is 0 Å². The van der Waals surface area contributed by atoms with Crippen LogP contribution in [-0.4, -0.2) is 31.7 Å². The normalized spacial score (nSPS) is 20.6. The molecule has 5 aliphatic rings. The molecule has 0 saturated carbocycles. The summed E-state index contributed by atoms with van der Waals surface area (Å²) >= 11 is 11.9. The van der Waals surface area contributed by atoms with E-state index in [0.717, 1.165) is 60.8 Å². The second-order valence-corrected chi connectivity index (χ2v) is 10.5. The van der Waals surface area contributed by atoms with Crippen LogP contribution in [0.5, 0.6) is 23.0 Å². The van der Waals surface area contributed by atoms with Crippen molar-refractivity contribution < 1.29 is 28.5 Å². The summed E-state index contributed by atoms with van der Waals surface area (Å²) < 4.78 is 21.1. The maximum Gasteiger partial charge on any atom is 0.231 e. The van der Waals surface area contributed by atoms with Crippen molar-refractivity contribution in [2.24, 2.45) is 0 Å². The third-order valence-corrected chi connectivity index (χ3v) is 7.44. The molecule has 2 aromatic rings. The molecule has 1 saturated heterocycles. The molecular weight excluding hydrogens is 529 g/mol. The van der Waals surface area contributed by atoms with Gasteiger partial charge in [0.1, 0.15) is 0 Å². The van der Waals surface area contributed by atoms with Gasteiger partial charge in [-0.2, -0.15) is 0 Å². The van der Waals surface area contributed by atoms with Crippen LogP contribution in [0, 0.1) is 0 Å². The van der Waals surface area contributed by atoms with E-state index in [1.54, 1.807) is 6.08 Å². The van der Waals surface area contributed by atoms with Crippen LogP contribution in [0.15, 0.2) is 59.2 Å². The molecule has 9 heteroatoms. The van der Waals surface area contributed by atoms with Crippen LogP contribution in [0.4, 0.5) is 0 Å². The van der Waals surface area contributed by atoms with Crippen molar-refractivity contribution in [1.29, 1.82) is 0 Å². The minimum absolute atomic E-state index is 0.0638. The first-order valence-corrected chi connectivity index (χ1v) is 13.5. The van der Waals surface area contributed by atoms with Crippen molar-refractivity contribution in [2.75, 3.05) is 20.1 Å². The van der Waals surface area contributed by atoms with E-state index >= 15 is 0 Å². The van der Waals surface area contributed by atoms with Crippen molar-refractivity contribution in [1.82, 2.24) is 5.32 Å². The summed E-state index contributed by atoms with van der Waals surface area (Å²) in [6.45, 7) is 1.72. The molecule has 2 aliphatic carbocycles. The molecule has 2 aromatic carbocycles. The van der Waals surface area contributed by atoms with Crippen LogP contribution < -0.4 is 24.3 Å². The second-order valence-electron chi connectivity index (χ2n) is 9.52. The average Bonchev–Trinajstić information content (AvgIpc) is 3.26. The van der Waals surface area contributed by atoms with Crippen molar-refractivity contribution in [2.45, 2.75) is 49.9 Å². The number of carbonyl (C=O) groups is 2. The molecule has 0 radical (unpaired) electrons. The Kier molecular flexibility index (Phi) is 8.57. The summed E-state index contributed by atoms with van der Waals surface area (Å²) in [5, 5.41) is 3.88. The zero-order valence-electron chi connectivity index (χ0n) is 20.8. The van der Waals surface area contributed by atoms with Crippen LogP contribution in [0.25, 0.3) is 0 Å². The Bertz CT molecular complexity index is 1270. The van der Waals surface area contributed by atoms with Crippen molar-refractivity contribution in [3.8, 4) is 23.0 Å². The molecule has 7 nitrogen and oxygen atoms in total. The van der Waals surface area contributed by atoms with Crippen molar-refractivity contribution >= 4 is 34.8 Å². The van der Waals surface area contributed by atoms with Crippen LogP contribution in [0.3, 0.4) is 0 Å². The van der Waals surface area contributed by atoms with Crippen LogP contribution in [-0.2, 0) is 9.59 Å². The molecule has 200 valence electrons. The van der Waals surface area contributed by atoms with Gasteiger partial charge in [-0.15, -0.1) is 11.6 Å². The molecule has 3 heterocycles. The third kappa shape index (κ3) is 7.10. The van der Waals surface area contributed by atoms with Gasteiger partial charge in [0.05, 0.1) is 5.38 Å². The number of benzene rings is 2. The largest absolute Gasteiger partial charge is 0.454 e. The number of halogens is 2. The van der Waals surface area contributed by atoms with E-state index in [2.05, 4.69) is 11.4 Å². The number of ketones is 2. The summed E-state index contributed by atoms with van der Waals surface area (Å²) in [4.78, 5) is 21.4. The lowest BCUT2D eigenvalue weighted by molar-refractivity contribution is -0.114. The number of carbonyl (C=O) groups excluding carboxylic acids is 2. The maximum atomic E-state index is 11.2. The van der Waals surface area contributed by atoms with Crippen molar-refractivity contribution in [3.05, 3.63) is 70.3 Å². The van der Waals surface area contributed by atoms with Gasteiger partial charge in [-0.25, -0.2) is 0 Å². The van der Waals surface area contributed by atoms with Gasteiger partial charge in [0, 0.05) is 30.5 Å². The highest BCUT2D eigenvalue weighted by atomic mass is 35.5. The Morgan fingerprint density at radius 3 is 2.03 bits per heavy atom. The zero-order chi connectivity index (χ0) is 26.5. The van der Waals surface area contributed by atoms with Crippen LogP contribution in [0.1, 0.15) is 61.1 Å². The number of allylic oxidation sites excluding steroid dienone is 4. The Labute approximate surface area is 231 Å². The molecule has 0 amide bonds. The van der Waals surface area contributed by atoms with Gasteiger partial charge in [-0.1, -0.05) is 29.3 Å².